The van der Waals surface area contributed by atoms with Crippen molar-refractivity contribution in [2.45, 2.75) is 19.0 Å². The van der Waals surface area contributed by atoms with Crippen LogP contribution in [-0.2, 0) is 4.79 Å². The highest BCUT2D eigenvalue weighted by atomic mass is 19.4. The molecule has 0 aromatic rings. The minimum atomic E-state index is -4.65. The Balaban J connectivity index is 2.35. The maximum Gasteiger partial charge on any atom is 0.449 e. The van der Waals surface area contributed by atoms with Crippen molar-refractivity contribution in [3.05, 3.63) is 0 Å². The third-order valence-electron chi connectivity index (χ3n) is 1.95. The first-order valence-electron chi connectivity index (χ1n) is 3.81. The zero-order valence-corrected chi connectivity index (χ0v) is 6.45. The van der Waals surface area contributed by atoms with E-state index >= 15 is 0 Å². The fourth-order valence-corrected chi connectivity index (χ4v) is 1.27. The standard InChI is InChI=1S/C7H10F3NO/c8-7(9,10)6(12)3-5-1-2-11-4-5/h5,11H,1-4H2/t5-/m1/s1. The van der Waals surface area contributed by atoms with Crippen molar-refractivity contribution in [1.29, 1.82) is 0 Å². The Morgan fingerprint density at radius 1 is 1.50 bits per heavy atom. The number of nitrogens with one attached hydrogen (secondary N) is 1. The van der Waals surface area contributed by atoms with Gasteiger partial charge in [-0.2, -0.15) is 13.2 Å². The molecule has 2 nitrogen and oxygen atoms in total. The van der Waals surface area contributed by atoms with Crippen LogP contribution in [-0.4, -0.2) is 25.0 Å². The molecule has 0 aromatic carbocycles. The maximum absolute atomic E-state index is 11.7. The monoisotopic (exact) mass is 181 g/mol. The van der Waals surface area contributed by atoms with E-state index in [0.717, 1.165) is 6.54 Å². The van der Waals surface area contributed by atoms with Gasteiger partial charge >= 0.3 is 6.18 Å². The molecule has 0 aliphatic carbocycles. The van der Waals surface area contributed by atoms with Gasteiger partial charge in [0.25, 0.3) is 0 Å². The van der Waals surface area contributed by atoms with E-state index in [1.807, 2.05) is 0 Å². The largest absolute Gasteiger partial charge is 0.449 e. The van der Waals surface area contributed by atoms with Gasteiger partial charge in [0, 0.05) is 6.42 Å². The zero-order chi connectivity index (χ0) is 9.19. The molecule has 0 saturated carbocycles. The summed E-state index contributed by atoms with van der Waals surface area (Å²) in [4.78, 5) is 10.5. The Morgan fingerprint density at radius 2 is 2.17 bits per heavy atom. The third kappa shape index (κ3) is 2.48. The van der Waals surface area contributed by atoms with Crippen molar-refractivity contribution in [1.82, 2.24) is 5.32 Å². The van der Waals surface area contributed by atoms with Crippen molar-refractivity contribution in [3.8, 4) is 0 Å². The smallest absolute Gasteiger partial charge is 0.316 e. The lowest BCUT2D eigenvalue weighted by Crippen LogP contribution is -2.25. The third-order valence-corrected chi connectivity index (χ3v) is 1.95. The Hall–Kier alpha value is -0.580. The van der Waals surface area contributed by atoms with Crippen molar-refractivity contribution < 1.29 is 18.0 Å². The van der Waals surface area contributed by atoms with Crippen molar-refractivity contribution in [2.24, 2.45) is 5.92 Å². The van der Waals surface area contributed by atoms with Crippen LogP contribution in [0.4, 0.5) is 13.2 Å². The van der Waals surface area contributed by atoms with Gasteiger partial charge in [-0.3, -0.25) is 4.79 Å². The Kier molecular flexibility index (Phi) is 2.72. The van der Waals surface area contributed by atoms with Crippen LogP contribution in [0.1, 0.15) is 12.8 Å². The molecule has 0 spiro atoms. The lowest BCUT2D eigenvalue weighted by atomic mass is 10.0. The van der Waals surface area contributed by atoms with E-state index in [1.165, 1.54) is 0 Å². The number of rotatable bonds is 2. The zero-order valence-electron chi connectivity index (χ0n) is 6.45. The van der Waals surface area contributed by atoms with Crippen LogP contribution in [0, 0.1) is 5.92 Å². The second kappa shape index (κ2) is 3.43. The van der Waals surface area contributed by atoms with Gasteiger partial charge in [0.1, 0.15) is 0 Å². The topological polar surface area (TPSA) is 29.1 Å². The van der Waals surface area contributed by atoms with Gasteiger partial charge < -0.3 is 5.32 Å². The molecule has 0 bridgehead atoms. The summed E-state index contributed by atoms with van der Waals surface area (Å²) >= 11 is 0. The van der Waals surface area contributed by atoms with Crippen molar-refractivity contribution in [2.75, 3.05) is 13.1 Å². The van der Waals surface area contributed by atoms with Crippen LogP contribution in [0.5, 0.6) is 0 Å². The molecular weight excluding hydrogens is 171 g/mol. The molecule has 0 unspecified atom stereocenters. The van der Waals surface area contributed by atoms with Crippen molar-refractivity contribution in [3.63, 3.8) is 0 Å². The van der Waals surface area contributed by atoms with E-state index in [0.29, 0.717) is 13.0 Å². The number of Topliss-reactive ketones (excluding diaryl/α,β-unsaturated/α-hetero) is 1. The highest BCUT2D eigenvalue weighted by molar-refractivity contribution is 5.84. The van der Waals surface area contributed by atoms with E-state index in [9.17, 15) is 18.0 Å². The number of carbonyl (C=O) groups excluding carboxylic acids is 1. The normalized spacial score (nSPS) is 24.4. The fraction of sp³-hybridized carbons (Fsp3) is 0.857. The fourth-order valence-electron chi connectivity index (χ4n) is 1.27. The summed E-state index contributed by atoms with van der Waals surface area (Å²) in [7, 11) is 0. The number of alkyl halides is 3. The van der Waals surface area contributed by atoms with E-state index in [4.69, 9.17) is 0 Å². The van der Waals surface area contributed by atoms with Crippen LogP contribution >= 0.6 is 0 Å². The van der Waals surface area contributed by atoms with E-state index in [1.54, 1.807) is 0 Å². The summed E-state index contributed by atoms with van der Waals surface area (Å²) in [5.41, 5.74) is 0. The van der Waals surface area contributed by atoms with E-state index < -0.39 is 12.0 Å². The molecule has 0 radical (unpaired) electrons. The Morgan fingerprint density at radius 3 is 2.58 bits per heavy atom. The van der Waals surface area contributed by atoms with Crippen LogP contribution in [0.3, 0.4) is 0 Å². The number of halogens is 3. The average molecular weight is 181 g/mol. The van der Waals surface area contributed by atoms with Gasteiger partial charge in [-0.25, -0.2) is 0 Å². The Labute approximate surface area is 68.1 Å². The number of carbonyl (C=O) groups is 1. The predicted molar refractivity (Wildman–Crippen MR) is 36.7 cm³/mol. The van der Waals surface area contributed by atoms with Crippen LogP contribution < -0.4 is 5.32 Å². The molecule has 70 valence electrons. The number of ketones is 1. The molecule has 0 amide bonds. The van der Waals surface area contributed by atoms with Crippen LogP contribution in [0.2, 0.25) is 0 Å². The second-order valence-electron chi connectivity index (χ2n) is 2.98. The highest BCUT2D eigenvalue weighted by Crippen LogP contribution is 2.22. The molecule has 5 heteroatoms. The molecule has 1 atom stereocenters. The summed E-state index contributed by atoms with van der Waals surface area (Å²) in [6.45, 7) is 1.25. The first-order chi connectivity index (χ1) is 5.50. The summed E-state index contributed by atoms with van der Waals surface area (Å²) in [5, 5.41) is 2.91. The maximum atomic E-state index is 11.7. The van der Waals surface area contributed by atoms with Crippen molar-refractivity contribution >= 4 is 5.78 Å². The van der Waals surface area contributed by atoms with Gasteiger partial charge in [-0.15, -0.1) is 0 Å². The highest BCUT2D eigenvalue weighted by Gasteiger charge is 2.39. The van der Waals surface area contributed by atoms with Gasteiger partial charge in [-0.1, -0.05) is 0 Å². The van der Waals surface area contributed by atoms with Gasteiger partial charge in [-0.05, 0) is 25.4 Å². The second-order valence-corrected chi connectivity index (χ2v) is 2.98. The lowest BCUT2D eigenvalue weighted by molar-refractivity contribution is -0.171. The minimum absolute atomic E-state index is 0.126. The molecule has 1 rings (SSSR count). The minimum Gasteiger partial charge on any atom is -0.316 e. The predicted octanol–water partition coefficient (Wildman–Crippen LogP) is 1.12. The van der Waals surface area contributed by atoms with Crippen LogP contribution in [0.25, 0.3) is 0 Å². The molecule has 12 heavy (non-hydrogen) atoms. The molecule has 1 aliphatic rings. The average Bonchev–Trinajstić information content (AvgIpc) is 2.37. The van der Waals surface area contributed by atoms with Gasteiger partial charge in [0.2, 0.25) is 5.78 Å². The summed E-state index contributed by atoms with van der Waals surface area (Å²) in [6, 6.07) is 0. The quantitative estimate of drug-likeness (QED) is 0.691. The summed E-state index contributed by atoms with van der Waals surface area (Å²) in [5.74, 6) is -1.73. The summed E-state index contributed by atoms with van der Waals surface area (Å²) < 4.78 is 35.2. The first kappa shape index (κ1) is 9.51. The SMILES string of the molecule is O=C(C[C@H]1CCNC1)C(F)(F)F. The molecule has 1 heterocycles. The number of hydrogen-bond acceptors (Lipinski definition) is 2. The molecule has 0 aromatic heterocycles. The molecule has 1 fully saturated rings. The van der Waals surface area contributed by atoms with E-state index in [-0.39, 0.29) is 12.3 Å². The van der Waals surface area contributed by atoms with Gasteiger partial charge in [0.15, 0.2) is 0 Å². The number of hydrogen-bond donors (Lipinski definition) is 1. The van der Waals surface area contributed by atoms with Crippen LogP contribution in [0.15, 0.2) is 0 Å². The Bertz CT molecular complexity index is 172. The van der Waals surface area contributed by atoms with Gasteiger partial charge in [0.05, 0.1) is 0 Å². The molecular formula is C7H10F3NO. The first-order valence-corrected chi connectivity index (χ1v) is 3.81. The van der Waals surface area contributed by atoms with E-state index in [2.05, 4.69) is 5.32 Å². The molecule has 1 aliphatic heterocycles. The molecule has 1 saturated heterocycles. The molecule has 1 N–H and O–H groups in total. The lowest BCUT2D eigenvalue weighted by Gasteiger charge is -2.08. The summed E-state index contributed by atoms with van der Waals surface area (Å²) in [6.07, 6.45) is -4.35.